The lowest BCUT2D eigenvalue weighted by Crippen LogP contribution is -2.47. The zero-order chi connectivity index (χ0) is 22.8. The van der Waals surface area contributed by atoms with Crippen molar-refractivity contribution in [1.82, 2.24) is 10.3 Å². The first-order chi connectivity index (χ1) is 15.3. The molecule has 0 saturated heterocycles. The van der Waals surface area contributed by atoms with Crippen LogP contribution in [0.4, 0.5) is 0 Å². The zero-order valence-electron chi connectivity index (χ0n) is 17.5. The maximum Gasteiger partial charge on any atom is 0.336 e. The molecular weight excluding hydrogens is 412 g/mol. The third kappa shape index (κ3) is 4.34. The molecule has 2 unspecified atom stereocenters. The van der Waals surface area contributed by atoms with Crippen molar-refractivity contribution in [3.63, 3.8) is 0 Å². The standard InChI is InChI=1S/C24H22N2O6/c1-13-9-22(27)32-21-11-16(7-8-17(13)21)31-14(2)23(28)26-20(24(29)30)10-15-12-25-19-6-4-3-5-18(15)19/h3-9,11-12,14,20,25H,10H2,1-2H3,(H,26,28)(H,29,30). The SMILES string of the molecule is Cc1cc(=O)oc2cc(OC(C)C(=O)NC(Cc3c[nH]c4ccccc34)C(=O)O)ccc12. The second-order valence-corrected chi connectivity index (χ2v) is 7.63. The Balaban J connectivity index is 1.47. The van der Waals surface area contributed by atoms with Gasteiger partial charge in [0, 0.05) is 41.0 Å². The predicted octanol–water partition coefficient (Wildman–Crippen LogP) is 3.16. The summed E-state index contributed by atoms with van der Waals surface area (Å²) in [6, 6.07) is 12.8. The number of nitrogens with one attached hydrogen (secondary N) is 2. The molecule has 0 aliphatic carbocycles. The normalized spacial score (nSPS) is 13.1. The number of ether oxygens (including phenoxy) is 1. The van der Waals surface area contributed by atoms with Gasteiger partial charge in [-0.2, -0.15) is 0 Å². The van der Waals surface area contributed by atoms with Crippen LogP contribution in [0, 0.1) is 6.92 Å². The fourth-order valence-corrected chi connectivity index (χ4v) is 3.65. The molecule has 32 heavy (non-hydrogen) atoms. The Morgan fingerprint density at radius 3 is 2.72 bits per heavy atom. The van der Waals surface area contributed by atoms with Gasteiger partial charge in [0.25, 0.3) is 5.91 Å². The maximum absolute atomic E-state index is 12.6. The van der Waals surface area contributed by atoms with Crippen molar-refractivity contribution >= 4 is 33.7 Å². The van der Waals surface area contributed by atoms with Crippen LogP contribution >= 0.6 is 0 Å². The Labute approximate surface area is 182 Å². The van der Waals surface area contributed by atoms with E-state index in [1.165, 1.54) is 19.1 Å². The van der Waals surface area contributed by atoms with Gasteiger partial charge in [-0.3, -0.25) is 4.79 Å². The second kappa shape index (κ2) is 8.58. The van der Waals surface area contributed by atoms with Gasteiger partial charge in [-0.1, -0.05) is 18.2 Å². The summed E-state index contributed by atoms with van der Waals surface area (Å²) >= 11 is 0. The number of H-pyrrole nitrogens is 1. The Hall–Kier alpha value is -4.07. The van der Waals surface area contributed by atoms with Crippen molar-refractivity contribution in [2.45, 2.75) is 32.4 Å². The summed E-state index contributed by atoms with van der Waals surface area (Å²) in [6.07, 6.45) is 0.907. The van der Waals surface area contributed by atoms with Crippen molar-refractivity contribution in [3.8, 4) is 5.75 Å². The molecule has 164 valence electrons. The first-order valence-corrected chi connectivity index (χ1v) is 10.1. The van der Waals surface area contributed by atoms with E-state index in [-0.39, 0.29) is 6.42 Å². The average molecular weight is 434 g/mol. The summed E-state index contributed by atoms with van der Waals surface area (Å²) in [7, 11) is 0. The molecule has 4 aromatic rings. The number of carboxylic acids is 1. The molecule has 0 bridgehead atoms. The number of rotatable bonds is 7. The number of hydrogen-bond donors (Lipinski definition) is 3. The van der Waals surface area contributed by atoms with E-state index in [1.54, 1.807) is 25.3 Å². The fraction of sp³-hybridized carbons (Fsp3) is 0.208. The first-order valence-electron chi connectivity index (χ1n) is 10.1. The number of para-hydroxylation sites is 1. The third-order valence-corrected chi connectivity index (χ3v) is 5.32. The molecule has 2 aromatic carbocycles. The van der Waals surface area contributed by atoms with Crippen LogP contribution in [0.1, 0.15) is 18.1 Å². The molecule has 0 spiro atoms. The van der Waals surface area contributed by atoms with Crippen LogP contribution in [0.15, 0.2) is 63.9 Å². The van der Waals surface area contributed by atoms with Gasteiger partial charge in [-0.15, -0.1) is 0 Å². The fourth-order valence-electron chi connectivity index (χ4n) is 3.65. The molecule has 8 nitrogen and oxygen atoms in total. The molecular formula is C24H22N2O6. The lowest BCUT2D eigenvalue weighted by Gasteiger charge is -2.19. The summed E-state index contributed by atoms with van der Waals surface area (Å²) in [5, 5.41) is 13.8. The largest absolute Gasteiger partial charge is 0.481 e. The first kappa shape index (κ1) is 21.2. The Bertz CT molecular complexity index is 1370. The number of carboxylic acid groups (broad SMARTS) is 1. The quantitative estimate of drug-likeness (QED) is 0.384. The molecule has 1 amide bonds. The van der Waals surface area contributed by atoms with Crippen molar-refractivity contribution in [2.24, 2.45) is 0 Å². The molecule has 3 N–H and O–H groups in total. The average Bonchev–Trinajstić information content (AvgIpc) is 3.15. The van der Waals surface area contributed by atoms with Gasteiger partial charge < -0.3 is 24.6 Å². The second-order valence-electron chi connectivity index (χ2n) is 7.63. The minimum Gasteiger partial charge on any atom is -0.481 e. The summed E-state index contributed by atoms with van der Waals surface area (Å²) in [4.78, 5) is 39.1. The number of carbonyl (C=O) groups excluding carboxylic acids is 1. The molecule has 8 heteroatoms. The highest BCUT2D eigenvalue weighted by atomic mass is 16.5. The van der Waals surface area contributed by atoms with Crippen LogP contribution in [0.2, 0.25) is 0 Å². The smallest absolute Gasteiger partial charge is 0.336 e. The third-order valence-electron chi connectivity index (χ3n) is 5.32. The van der Waals surface area contributed by atoms with E-state index in [2.05, 4.69) is 10.3 Å². The summed E-state index contributed by atoms with van der Waals surface area (Å²) in [6.45, 7) is 3.33. The number of aromatic amines is 1. The van der Waals surface area contributed by atoms with Crippen molar-refractivity contribution in [2.75, 3.05) is 0 Å². The monoisotopic (exact) mass is 434 g/mol. The van der Waals surface area contributed by atoms with E-state index in [1.807, 2.05) is 24.3 Å². The molecule has 4 rings (SSSR count). The predicted molar refractivity (Wildman–Crippen MR) is 119 cm³/mol. The van der Waals surface area contributed by atoms with E-state index in [4.69, 9.17) is 9.15 Å². The number of aliphatic carboxylic acids is 1. The minimum atomic E-state index is -1.14. The van der Waals surface area contributed by atoms with Gasteiger partial charge in [0.1, 0.15) is 17.4 Å². The Morgan fingerprint density at radius 1 is 1.16 bits per heavy atom. The number of benzene rings is 2. The summed E-state index contributed by atoms with van der Waals surface area (Å²) < 4.78 is 10.9. The van der Waals surface area contributed by atoms with Gasteiger partial charge in [-0.25, -0.2) is 9.59 Å². The molecule has 2 heterocycles. The maximum atomic E-state index is 12.6. The molecule has 2 aromatic heterocycles. The Morgan fingerprint density at radius 2 is 1.94 bits per heavy atom. The van der Waals surface area contributed by atoms with Gasteiger partial charge in [0.15, 0.2) is 6.10 Å². The van der Waals surface area contributed by atoms with Crippen LogP contribution in [0.3, 0.4) is 0 Å². The van der Waals surface area contributed by atoms with Crippen molar-refractivity contribution < 1.29 is 23.8 Å². The van der Waals surface area contributed by atoms with Gasteiger partial charge >= 0.3 is 11.6 Å². The molecule has 0 saturated carbocycles. The lowest BCUT2D eigenvalue weighted by atomic mass is 10.0. The highest BCUT2D eigenvalue weighted by molar-refractivity contribution is 5.88. The number of hydrogen-bond acceptors (Lipinski definition) is 5. The molecule has 0 fully saturated rings. The number of aryl methyl sites for hydroxylation is 1. The number of carbonyl (C=O) groups is 2. The van der Waals surface area contributed by atoms with Crippen LogP contribution in [0.25, 0.3) is 21.9 Å². The van der Waals surface area contributed by atoms with E-state index >= 15 is 0 Å². The van der Waals surface area contributed by atoms with E-state index in [0.717, 1.165) is 27.4 Å². The molecule has 0 aliphatic rings. The number of amides is 1. The lowest BCUT2D eigenvalue weighted by molar-refractivity contribution is -0.142. The van der Waals surface area contributed by atoms with E-state index in [9.17, 15) is 19.5 Å². The van der Waals surface area contributed by atoms with Gasteiger partial charge in [-0.05, 0) is 43.2 Å². The van der Waals surface area contributed by atoms with E-state index in [0.29, 0.717) is 11.3 Å². The zero-order valence-corrected chi connectivity index (χ0v) is 17.5. The van der Waals surface area contributed by atoms with Crippen LogP contribution in [-0.2, 0) is 16.0 Å². The number of aromatic nitrogens is 1. The summed E-state index contributed by atoms with van der Waals surface area (Å²) in [5.74, 6) is -1.38. The molecule has 0 aliphatic heterocycles. The highest BCUT2D eigenvalue weighted by Gasteiger charge is 2.25. The van der Waals surface area contributed by atoms with E-state index < -0.39 is 29.6 Å². The summed E-state index contributed by atoms with van der Waals surface area (Å²) in [5.41, 5.74) is 2.34. The van der Waals surface area contributed by atoms with Gasteiger partial charge in [0.05, 0.1) is 0 Å². The molecule has 2 atom stereocenters. The Kier molecular flexibility index (Phi) is 5.68. The van der Waals surface area contributed by atoms with Gasteiger partial charge in [0.2, 0.25) is 0 Å². The van der Waals surface area contributed by atoms with Crippen LogP contribution in [0.5, 0.6) is 5.75 Å². The van der Waals surface area contributed by atoms with Crippen molar-refractivity contribution in [3.05, 3.63) is 76.3 Å². The van der Waals surface area contributed by atoms with Crippen LogP contribution < -0.4 is 15.7 Å². The van der Waals surface area contributed by atoms with Crippen molar-refractivity contribution in [1.29, 1.82) is 0 Å². The number of fused-ring (bicyclic) bond motifs is 2. The highest BCUT2D eigenvalue weighted by Crippen LogP contribution is 2.23. The van der Waals surface area contributed by atoms with Crippen LogP contribution in [-0.4, -0.2) is 34.1 Å². The topological polar surface area (TPSA) is 122 Å². The minimum absolute atomic E-state index is 0.123. The molecule has 0 radical (unpaired) electrons.